The maximum Gasteiger partial charge on any atom is 0.416 e. The number of methoxy groups -OCH3 is 1. The van der Waals surface area contributed by atoms with E-state index < -0.39 is 23.6 Å². The van der Waals surface area contributed by atoms with E-state index in [1.165, 1.54) is 7.11 Å². The smallest absolute Gasteiger partial charge is 0.416 e. The second-order valence-electron chi connectivity index (χ2n) is 3.96. The minimum atomic E-state index is -4.55. The van der Waals surface area contributed by atoms with Crippen molar-refractivity contribution in [2.24, 2.45) is 0 Å². The molecule has 0 bridgehead atoms. The summed E-state index contributed by atoms with van der Waals surface area (Å²) in [6, 6.07) is 1.77. The van der Waals surface area contributed by atoms with Gasteiger partial charge in [-0.05, 0) is 24.6 Å². The number of hydrogen-bond acceptors (Lipinski definition) is 2. The van der Waals surface area contributed by atoms with Crippen LogP contribution in [-0.2, 0) is 6.18 Å². The number of rotatable bonds is 4. The first kappa shape index (κ1) is 16.8. The molecule has 0 aromatic heterocycles. The van der Waals surface area contributed by atoms with Gasteiger partial charge in [0, 0.05) is 6.20 Å². The maximum absolute atomic E-state index is 12.8. The van der Waals surface area contributed by atoms with Crippen molar-refractivity contribution in [1.29, 1.82) is 0 Å². The van der Waals surface area contributed by atoms with E-state index in [1.54, 1.807) is 6.92 Å². The SMILES string of the molecule is CC/C(F)=C/NC(=O)Nc1cc(C(F)(F)F)ccc1OC. The van der Waals surface area contributed by atoms with Crippen molar-refractivity contribution in [3.8, 4) is 5.75 Å². The molecule has 4 nitrogen and oxygen atoms in total. The fraction of sp³-hybridized carbons (Fsp3) is 0.308. The Kier molecular flexibility index (Phi) is 5.57. The molecule has 0 unspecified atom stereocenters. The van der Waals surface area contributed by atoms with Gasteiger partial charge in [0.15, 0.2) is 0 Å². The van der Waals surface area contributed by atoms with Gasteiger partial charge in [0.05, 0.1) is 18.4 Å². The standard InChI is InChI=1S/C13H14F4N2O2/c1-3-9(14)7-18-12(20)19-10-6-8(13(15,16)17)4-5-11(10)21-2/h4-7H,3H2,1-2H3,(H2,18,19,20)/b9-7-. The molecule has 8 heteroatoms. The Morgan fingerprint density at radius 3 is 2.57 bits per heavy atom. The molecule has 1 rings (SSSR count). The van der Waals surface area contributed by atoms with Crippen LogP contribution in [-0.4, -0.2) is 13.1 Å². The fourth-order valence-electron chi connectivity index (χ4n) is 1.39. The summed E-state index contributed by atoms with van der Waals surface area (Å²) < 4.78 is 55.5. The molecule has 0 saturated carbocycles. The van der Waals surface area contributed by atoms with Crippen LogP contribution in [0.1, 0.15) is 18.9 Å². The first-order chi connectivity index (χ1) is 9.77. The van der Waals surface area contributed by atoms with Gasteiger partial charge in [0.1, 0.15) is 11.6 Å². The number of anilines is 1. The molecule has 0 saturated heterocycles. The van der Waals surface area contributed by atoms with Crippen molar-refractivity contribution in [3.05, 3.63) is 35.8 Å². The summed E-state index contributed by atoms with van der Waals surface area (Å²) in [4.78, 5) is 11.5. The fourth-order valence-corrected chi connectivity index (χ4v) is 1.39. The highest BCUT2D eigenvalue weighted by Crippen LogP contribution is 2.34. The summed E-state index contributed by atoms with van der Waals surface area (Å²) in [6.45, 7) is 1.54. The lowest BCUT2D eigenvalue weighted by Gasteiger charge is -2.13. The molecule has 0 radical (unpaired) electrons. The van der Waals surface area contributed by atoms with Gasteiger partial charge in [-0.1, -0.05) is 6.92 Å². The van der Waals surface area contributed by atoms with Crippen molar-refractivity contribution in [2.45, 2.75) is 19.5 Å². The lowest BCUT2D eigenvalue weighted by molar-refractivity contribution is -0.137. The zero-order chi connectivity index (χ0) is 16.0. The maximum atomic E-state index is 12.8. The van der Waals surface area contributed by atoms with Crippen LogP contribution in [0.2, 0.25) is 0 Å². The van der Waals surface area contributed by atoms with Crippen LogP contribution >= 0.6 is 0 Å². The highest BCUT2D eigenvalue weighted by atomic mass is 19.4. The van der Waals surface area contributed by atoms with Gasteiger partial charge in [-0.2, -0.15) is 13.2 Å². The monoisotopic (exact) mass is 306 g/mol. The van der Waals surface area contributed by atoms with Crippen LogP contribution in [0.4, 0.5) is 28.0 Å². The van der Waals surface area contributed by atoms with Crippen LogP contribution in [0.25, 0.3) is 0 Å². The predicted molar refractivity (Wildman–Crippen MR) is 69.6 cm³/mol. The molecule has 1 aromatic carbocycles. The summed E-state index contributed by atoms with van der Waals surface area (Å²) >= 11 is 0. The normalized spacial score (nSPS) is 12.0. The largest absolute Gasteiger partial charge is 0.495 e. The van der Waals surface area contributed by atoms with Crippen molar-refractivity contribution in [1.82, 2.24) is 5.32 Å². The number of carbonyl (C=O) groups excluding carboxylic acids is 1. The Bertz CT molecular complexity index is 541. The Balaban J connectivity index is 2.93. The molecule has 0 aliphatic carbocycles. The van der Waals surface area contributed by atoms with Crippen LogP contribution in [0.15, 0.2) is 30.2 Å². The average molecular weight is 306 g/mol. The van der Waals surface area contributed by atoms with Crippen LogP contribution in [0.3, 0.4) is 0 Å². The third-order valence-electron chi connectivity index (χ3n) is 2.47. The average Bonchev–Trinajstić information content (AvgIpc) is 2.43. The van der Waals surface area contributed by atoms with E-state index in [1.807, 2.05) is 0 Å². The predicted octanol–water partition coefficient (Wildman–Crippen LogP) is 4.06. The van der Waals surface area contributed by atoms with Gasteiger partial charge in [-0.15, -0.1) is 0 Å². The molecule has 0 spiro atoms. The van der Waals surface area contributed by atoms with E-state index in [-0.39, 0.29) is 17.9 Å². The quantitative estimate of drug-likeness (QED) is 0.824. The number of nitrogens with one attached hydrogen (secondary N) is 2. The molecule has 0 aliphatic heterocycles. The number of amides is 2. The second kappa shape index (κ2) is 6.96. The van der Waals surface area contributed by atoms with E-state index in [4.69, 9.17) is 4.74 Å². The molecule has 2 N–H and O–H groups in total. The van der Waals surface area contributed by atoms with Gasteiger partial charge in [-0.25, -0.2) is 9.18 Å². The summed E-state index contributed by atoms with van der Waals surface area (Å²) in [5, 5.41) is 4.23. The highest BCUT2D eigenvalue weighted by molar-refractivity contribution is 5.91. The van der Waals surface area contributed by atoms with Gasteiger partial charge in [-0.3, -0.25) is 0 Å². The van der Waals surface area contributed by atoms with Crippen molar-refractivity contribution >= 4 is 11.7 Å². The van der Waals surface area contributed by atoms with E-state index in [2.05, 4.69) is 10.6 Å². The molecule has 116 valence electrons. The number of urea groups is 1. The van der Waals surface area contributed by atoms with Crippen LogP contribution in [0, 0.1) is 0 Å². The topological polar surface area (TPSA) is 50.4 Å². The lowest BCUT2D eigenvalue weighted by Crippen LogP contribution is -2.24. The zero-order valence-corrected chi connectivity index (χ0v) is 11.3. The number of halogens is 4. The molecule has 1 aromatic rings. The lowest BCUT2D eigenvalue weighted by atomic mass is 10.2. The van der Waals surface area contributed by atoms with Gasteiger partial charge in [0.25, 0.3) is 0 Å². The molecule has 2 amide bonds. The minimum absolute atomic E-state index is 0.0538. The Labute approximate surface area is 118 Å². The molecular weight excluding hydrogens is 292 g/mol. The first-order valence-corrected chi connectivity index (χ1v) is 5.95. The van der Waals surface area contributed by atoms with E-state index in [0.717, 1.165) is 24.4 Å². The van der Waals surface area contributed by atoms with E-state index in [9.17, 15) is 22.4 Å². The summed E-state index contributed by atoms with van der Waals surface area (Å²) in [7, 11) is 1.25. The summed E-state index contributed by atoms with van der Waals surface area (Å²) in [5.74, 6) is -0.515. The molecule has 0 aliphatic rings. The molecule has 0 atom stereocenters. The van der Waals surface area contributed by atoms with E-state index >= 15 is 0 Å². The Morgan fingerprint density at radius 1 is 1.38 bits per heavy atom. The Morgan fingerprint density at radius 2 is 2.05 bits per heavy atom. The number of ether oxygens (including phenoxy) is 1. The number of allylic oxidation sites excluding steroid dienone is 1. The number of alkyl halides is 3. The van der Waals surface area contributed by atoms with Crippen LogP contribution in [0.5, 0.6) is 5.75 Å². The summed E-state index contributed by atoms with van der Waals surface area (Å²) in [6.07, 6.45) is -3.63. The van der Waals surface area contributed by atoms with Gasteiger partial charge in [0.2, 0.25) is 0 Å². The van der Waals surface area contributed by atoms with Gasteiger partial charge < -0.3 is 15.4 Å². The van der Waals surface area contributed by atoms with Crippen molar-refractivity contribution in [3.63, 3.8) is 0 Å². The highest BCUT2D eigenvalue weighted by Gasteiger charge is 2.31. The molecule has 21 heavy (non-hydrogen) atoms. The number of hydrogen-bond donors (Lipinski definition) is 2. The van der Waals surface area contributed by atoms with Crippen molar-refractivity contribution in [2.75, 3.05) is 12.4 Å². The summed E-state index contributed by atoms with van der Waals surface area (Å²) in [5.41, 5.74) is -1.11. The third kappa shape index (κ3) is 4.97. The van der Waals surface area contributed by atoms with E-state index in [0.29, 0.717) is 0 Å². The zero-order valence-electron chi connectivity index (χ0n) is 11.3. The first-order valence-electron chi connectivity index (χ1n) is 5.95. The number of benzene rings is 1. The third-order valence-corrected chi connectivity index (χ3v) is 2.47. The molecular formula is C13H14F4N2O2. The molecule has 0 fully saturated rings. The number of carbonyl (C=O) groups is 1. The van der Waals surface area contributed by atoms with Crippen LogP contribution < -0.4 is 15.4 Å². The van der Waals surface area contributed by atoms with Gasteiger partial charge >= 0.3 is 12.2 Å². The molecule has 0 heterocycles. The Hall–Kier alpha value is -2.25. The second-order valence-corrected chi connectivity index (χ2v) is 3.96. The minimum Gasteiger partial charge on any atom is -0.495 e. The van der Waals surface area contributed by atoms with Crippen molar-refractivity contribution < 1.29 is 27.1 Å².